The molecule has 0 bridgehead atoms. The fourth-order valence-corrected chi connectivity index (χ4v) is 4.44. The van der Waals surface area contributed by atoms with Gasteiger partial charge >= 0.3 is 0 Å². The van der Waals surface area contributed by atoms with Crippen LogP contribution in [0.4, 0.5) is 11.4 Å². The molecule has 1 aromatic heterocycles. The second kappa shape index (κ2) is 6.57. The molecule has 0 saturated carbocycles. The summed E-state index contributed by atoms with van der Waals surface area (Å²) in [5.74, 6) is 0. The zero-order chi connectivity index (χ0) is 16.5. The van der Waals surface area contributed by atoms with Gasteiger partial charge in [-0.3, -0.25) is 4.79 Å². The van der Waals surface area contributed by atoms with E-state index in [4.69, 9.17) is 0 Å². The van der Waals surface area contributed by atoms with Crippen LogP contribution in [0.2, 0.25) is 0 Å². The molecule has 0 radical (unpaired) electrons. The first kappa shape index (κ1) is 15.7. The van der Waals surface area contributed by atoms with Gasteiger partial charge in [0.1, 0.15) is 0 Å². The second-order valence-electron chi connectivity index (χ2n) is 5.90. The highest BCUT2D eigenvalue weighted by molar-refractivity contribution is 9.10. The third-order valence-corrected chi connectivity index (χ3v) is 5.90. The van der Waals surface area contributed by atoms with E-state index in [0.29, 0.717) is 0 Å². The van der Waals surface area contributed by atoms with E-state index in [2.05, 4.69) is 50.0 Å². The van der Waals surface area contributed by atoms with Crippen molar-refractivity contribution in [2.24, 2.45) is 0 Å². The molecule has 24 heavy (non-hydrogen) atoms. The van der Waals surface area contributed by atoms with Crippen LogP contribution in [-0.2, 0) is 0 Å². The summed E-state index contributed by atoms with van der Waals surface area (Å²) in [5, 5.41) is 2.81. The zero-order valence-electron chi connectivity index (χ0n) is 13.1. The number of benzene rings is 2. The minimum atomic E-state index is 0.137. The highest BCUT2D eigenvalue weighted by Crippen LogP contribution is 2.25. The van der Waals surface area contributed by atoms with Crippen molar-refractivity contribution in [2.75, 3.05) is 36.0 Å². The third-order valence-electron chi connectivity index (χ3n) is 4.46. The lowest BCUT2D eigenvalue weighted by molar-refractivity contribution is 0.653. The number of piperazine rings is 1. The Morgan fingerprint density at radius 1 is 0.917 bits per heavy atom. The predicted octanol–water partition coefficient (Wildman–Crippen LogP) is 4.35. The van der Waals surface area contributed by atoms with Gasteiger partial charge in [-0.15, -0.1) is 11.3 Å². The molecule has 1 aliphatic rings. The lowest BCUT2D eigenvalue weighted by Gasteiger charge is -2.37. The summed E-state index contributed by atoms with van der Waals surface area (Å²) >= 11 is 5.11. The Labute approximate surface area is 153 Å². The number of nitrogens with zero attached hydrogens (tertiary/aromatic N) is 2. The molecule has 3 aromatic rings. The highest BCUT2D eigenvalue weighted by atomic mass is 79.9. The molecule has 3 nitrogen and oxygen atoms in total. The van der Waals surface area contributed by atoms with E-state index in [1.54, 1.807) is 11.3 Å². The van der Waals surface area contributed by atoms with E-state index >= 15 is 0 Å². The largest absolute Gasteiger partial charge is 0.368 e. The Morgan fingerprint density at radius 2 is 1.62 bits per heavy atom. The molecular weight excluding hydrogens is 384 g/mol. The van der Waals surface area contributed by atoms with Crippen LogP contribution in [-0.4, -0.2) is 26.2 Å². The predicted molar refractivity (Wildman–Crippen MR) is 107 cm³/mol. The fourth-order valence-electron chi connectivity index (χ4n) is 3.16. The van der Waals surface area contributed by atoms with E-state index in [0.717, 1.165) is 46.4 Å². The monoisotopic (exact) mass is 400 g/mol. The van der Waals surface area contributed by atoms with Crippen molar-refractivity contribution in [2.45, 2.75) is 0 Å². The SMILES string of the molecule is O=c1c(N2CCN(c3ccccc3)CC2)csc2ccc(Br)cc12. The molecule has 1 fully saturated rings. The molecule has 0 amide bonds. The van der Waals surface area contributed by atoms with Gasteiger partial charge in [0.05, 0.1) is 5.69 Å². The smallest absolute Gasteiger partial charge is 0.211 e. The van der Waals surface area contributed by atoms with Gasteiger partial charge < -0.3 is 9.80 Å². The van der Waals surface area contributed by atoms with Crippen molar-refractivity contribution in [1.29, 1.82) is 0 Å². The normalized spacial score (nSPS) is 15.0. The number of rotatable bonds is 2. The second-order valence-corrected chi connectivity index (χ2v) is 7.73. The van der Waals surface area contributed by atoms with Crippen LogP contribution in [0.3, 0.4) is 0 Å². The van der Waals surface area contributed by atoms with Crippen LogP contribution in [0.15, 0.2) is 63.2 Å². The first-order chi connectivity index (χ1) is 11.7. The molecule has 0 spiro atoms. The Kier molecular flexibility index (Phi) is 4.29. The molecule has 122 valence electrons. The lowest BCUT2D eigenvalue weighted by Crippen LogP contribution is -2.47. The van der Waals surface area contributed by atoms with Crippen molar-refractivity contribution in [3.8, 4) is 0 Å². The Morgan fingerprint density at radius 3 is 2.38 bits per heavy atom. The van der Waals surface area contributed by atoms with Crippen LogP contribution < -0.4 is 15.2 Å². The van der Waals surface area contributed by atoms with Gasteiger partial charge in [-0.2, -0.15) is 0 Å². The highest BCUT2D eigenvalue weighted by Gasteiger charge is 2.20. The summed E-state index contributed by atoms with van der Waals surface area (Å²) in [5.41, 5.74) is 2.22. The van der Waals surface area contributed by atoms with E-state index in [-0.39, 0.29) is 5.43 Å². The molecule has 0 N–H and O–H groups in total. The van der Waals surface area contributed by atoms with E-state index < -0.39 is 0 Å². The van der Waals surface area contributed by atoms with Crippen molar-refractivity contribution in [3.05, 3.63) is 68.6 Å². The molecule has 0 unspecified atom stereocenters. The van der Waals surface area contributed by atoms with Crippen LogP contribution in [0, 0.1) is 0 Å². The van der Waals surface area contributed by atoms with Crippen LogP contribution in [0.25, 0.3) is 10.1 Å². The summed E-state index contributed by atoms with van der Waals surface area (Å²) in [4.78, 5) is 17.5. The van der Waals surface area contributed by atoms with Gasteiger partial charge in [-0.1, -0.05) is 34.1 Å². The average molecular weight is 401 g/mol. The molecule has 0 aliphatic carbocycles. The molecule has 0 atom stereocenters. The van der Waals surface area contributed by atoms with Crippen molar-refractivity contribution in [3.63, 3.8) is 0 Å². The molecule has 2 aromatic carbocycles. The van der Waals surface area contributed by atoms with E-state index in [1.807, 2.05) is 29.6 Å². The first-order valence-electron chi connectivity index (χ1n) is 7.98. The maximum atomic E-state index is 12.9. The summed E-state index contributed by atoms with van der Waals surface area (Å²) in [6.45, 7) is 3.61. The number of hydrogen-bond donors (Lipinski definition) is 0. The Balaban J connectivity index is 1.59. The minimum Gasteiger partial charge on any atom is -0.368 e. The van der Waals surface area contributed by atoms with Crippen LogP contribution in [0.5, 0.6) is 0 Å². The van der Waals surface area contributed by atoms with Gasteiger partial charge in [0.15, 0.2) is 0 Å². The van der Waals surface area contributed by atoms with Crippen molar-refractivity contribution in [1.82, 2.24) is 0 Å². The standard InChI is InChI=1S/C19H17BrN2OS/c20-14-6-7-18-16(12-14)19(23)17(13-24-18)22-10-8-21(9-11-22)15-4-2-1-3-5-15/h1-7,12-13H,8-11H2. The van der Waals surface area contributed by atoms with Gasteiger partial charge in [-0.25, -0.2) is 0 Å². The van der Waals surface area contributed by atoms with Crippen LogP contribution >= 0.6 is 27.3 Å². The number of fused-ring (bicyclic) bond motifs is 1. The van der Waals surface area contributed by atoms with Crippen molar-refractivity contribution < 1.29 is 0 Å². The Bertz CT molecular complexity index is 918. The van der Waals surface area contributed by atoms with Gasteiger partial charge in [-0.05, 0) is 30.3 Å². The fraction of sp³-hybridized carbons (Fsp3) is 0.211. The number of para-hydroxylation sites is 1. The number of halogens is 1. The summed E-state index contributed by atoms with van der Waals surface area (Å²) in [7, 11) is 0. The summed E-state index contributed by atoms with van der Waals surface area (Å²) in [6, 6.07) is 16.4. The minimum absolute atomic E-state index is 0.137. The maximum Gasteiger partial charge on any atom is 0.211 e. The van der Waals surface area contributed by atoms with Gasteiger partial charge in [0.25, 0.3) is 0 Å². The molecule has 1 saturated heterocycles. The average Bonchev–Trinajstić information content (AvgIpc) is 2.63. The van der Waals surface area contributed by atoms with Gasteiger partial charge in [0.2, 0.25) is 5.43 Å². The molecular formula is C19H17BrN2OS. The first-order valence-corrected chi connectivity index (χ1v) is 9.66. The van der Waals surface area contributed by atoms with Gasteiger partial charge in [0, 0.05) is 51.8 Å². The van der Waals surface area contributed by atoms with E-state index in [1.165, 1.54) is 5.69 Å². The zero-order valence-corrected chi connectivity index (χ0v) is 15.5. The molecule has 5 heteroatoms. The molecule has 1 aliphatic heterocycles. The van der Waals surface area contributed by atoms with Crippen LogP contribution in [0.1, 0.15) is 0 Å². The molecule has 2 heterocycles. The maximum absolute atomic E-state index is 12.9. The molecule has 4 rings (SSSR count). The summed E-state index contributed by atoms with van der Waals surface area (Å²) in [6.07, 6.45) is 0. The van der Waals surface area contributed by atoms with E-state index in [9.17, 15) is 4.79 Å². The number of hydrogen-bond acceptors (Lipinski definition) is 4. The Hall–Kier alpha value is -1.85. The number of anilines is 2. The third kappa shape index (κ3) is 2.94. The summed E-state index contributed by atoms with van der Waals surface area (Å²) < 4.78 is 1.99. The quantitative estimate of drug-likeness (QED) is 0.638. The van der Waals surface area contributed by atoms with Crippen molar-refractivity contribution >= 4 is 48.7 Å². The lowest BCUT2D eigenvalue weighted by atomic mass is 10.2. The topological polar surface area (TPSA) is 23.6 Å².